The molecule has 7 nitrogen and oxygen atoms in total. The van der Waals surface area contributed by atoms with E-state index >= 15 is 0 Å². The molecule has 0 spiro atoms. The summed E-state index contributed by atoms with van der Waals surface area (Å²) < 4.78 is 19.5. The van der Waals surface area contributed by atoms with Gasteiger partial charge in [0.2, 0.25) is 0 Å². The average molecular weight is 397 g/mol. The molecule has 1 atom stereocenters. The van der Waals surface area contributed by atoms with Gasteiger partial charge in [0.1, 0.15) is 5.82 Å². The Labute approximate surface area is 168 Å². The number of rotatable bonds is 4. The summed E-state index contributed by atoms with van der Waals surface area (Å²) in [6.07, 6.45) is 3.66. The van der Waals surface area contributed by atoms with Gasteiger partial charge in [0.15, 0.2) is 0 Å². The van der Waals surface area contributed by atoms with Crippen LogP contribution in [0.2, 0.25) is 0 Å². The van der Waals surface area contributed by atoms with Crippen LogP contribution in [0, 0.1) is 12.7 Å². The first-order valence-corrected chi connectivity index (χ1v) is 9.61. The molecule has 0 radical (unpaired) electrons. The Morgan fingerprint density at radius 2 is 2.03 bits per heavy atom. The number of carbonyl (C=O) groups excluding carboxylic acids is 1. The lowest BCUT2D eigenvalue weighted by Crippen LogP contribution is -2.36. The van der Waals surface area contributed by atoms with Crippen molar-refractivity contribution in [2.75, 3.05) is 36.5 Å². The van der Waals surface area contributed by atoms with Gasteiger partial charge in [0, 0.05) is 35.7 Å². The van der Waals surface area contributed by atoms with Crippen LogP contribution in [-0.2, 0) is 4.74 Å². The van der Waals surface area contributed by atoms with Crippen molar-refractivity contribution in [1.82, 2.24) is 15.8 Å². The molecule has 3 N–H and O–H groups in total. The zero-order chi connectivity index (χ0) is 20.4. The number of anilines is 2. The van der Waals surface area contributed by atoms with Crippen molar-refractivity contribution in [3.8, 4) is 0 Å². The minimum atomic E-state index is -0.441. The number of pyridine rings is 1. The van der Waals surface area contributed by atoms with Gasteiger partial charge in [-0.05, 0) is 49.8 Å². The molecule has 4 rings (SSSR count). The van der Waals surface area contributed by atoms with Crippen molar-refractivity contribution < 1.29 is 13.9 Å². The minimum absolute atomic E-state index is 0.0264. The van der Waals surface area contributed by atoms with E-state index in [-0.39, 0.29) is 17.5 Å². The lowest BCUT2D eigenvalue weighted by molar-refractivity contribution is 0.102. The third-order valence-corrected chi connectivity index (χ3v) is 5.08. The van der Waals surface area contributed by atoms with Gasteiger partial charge in [-0.1, -0.05) is 0 Å². The third-order valence-electron chi connectivity index (χ3n) is 5.08. The Balaban J connectivity index is 1.54. The SMILES string of the molecule is CC1=CC(c2cc(NC(=O)c3cc(F)cc(N4CCOCC4)c3)cnc2C)NN1. The quantitative estimate of drug-likeness (QED) is 0.736. The van der Waals surface area contributed by atoms with E-state index in [0.717, 1.165) is 17.0 Å². The lowest BCUT2D eigenvalue weighted by atomic mass is 10.1. The monoisotopic (exact) mass is 397 g/mol. The molecular formula is C21H24FN5O2. The van der Waals surface area contributed by atoms with Gasteiger partial charge in [-0.3, -0.25) is 9.78 Å². The van der Waals surface area contributed by atoms with Crippen LogP contribution < -0.4 is 21.1 Å². The molecule has 1 saturated heterocycles. The molecule has 0 saturated carbocycles. The van der Waals surface area contributed by atoms with Crippen molar-refractivity contribution >= 4 is 17.3 Å². The molecule has 2 aromatic rings. The summed E-state index contributed by atoms with van der Waals surface area (Å²) in [6.45, 7) is 6.42. The molecule has 3 heterocycles. The number of hydrogen-bond donors (Lipinski definition) is 3. The number of halogens is 1. The number of amides is 1. The number of nitrogens with one attached hydrogen (secondary N) is 3. The van der Waals surface area contributed by atoms with Crippen molar-refractivity contribution in [2.24, 2.45) is 0 Å². The molecule has 0 aliphatic carbocycles. The second kappa shape index (κ2) is 8.18. The predicted molar refractivity (Wildman–Crippen MR) is 109 cm³/mol. The number of hydrogen-bond acceptors (Lipinski definition) is 6. The maximum atomic E-state index is 14.2. The number of hydrazine groups is 1. The fraction of sp³-hybridized carbons (Fsp3) is 0.333. The first-order valence-electron chi connectivity index (χ1n) is 9.61. The van der Waals surface area contributed by atoms with E-state index in [9.17, 15) is 9.18 Å². The van der Waals surface area contributed by atoms with Crippen molar-refractivity contribution in [2.45, 2.75) is 19.9 Å². The number of aryl methyl sites for hydroxylation is 1. The standard InChI is InChI=1S/C21H24FN5O2/c1-13-7-20(26-25-13)19-11-17(12-23-14(19)2)24-21(28)15-8-16(22)10-18(9-15)27-3-5-29-6-4-27/h7-12,20,25-26H,3-6H2,1-2H3,(H,24,28). The molecule has 8 heteroatoms. The highest BCUT2D eigenvalue weighted by atomic mass is 19.1. The van der Waals surface area contributed by atoms with Crippen LogP contribution in [0.3, 0.4) is 0 Å². The number of nitrogens with zero attached hydrogens (tertiary/aromatic N) is 2. The fourth-order valence-corrected chi connectivity index (χ4v) is 3.54. The summed E-state index contributed by atoms with van der Waals surface area (Å²) in [5.41, 5.74) is 10.6. The Kier molecular flexibility index (Phi) is 5.46. The number of aromatic nitrogens is 1. The van der Waals surface area contributed by atoms with Gasteiger partial charge in [-0.2, -0.15) is 0 Å². The van der Waals surface area contributed by atoms with Crippen molar-refractivity contribution in [1.29, 1.82) is 0 Å². The van der Waals surface area contributed by atoms with Crippen LogP contribution in [0.15, 0.2) is 42.2 Å². The maximum absolute atomic E-state index is 14.2. The van der Waals surface area contributed by atoms with Gasteiger partial charge >= 0.3 is 0 Å². The summed E-state index contributed by atoms with van der Waals surface area (Å²) in [5, 5.41) is 2.84. The number of allylic oxidation sites excluding steroid dienone is 1. The minimum Gasteiger partial charge on any atom is -0.378 e. The van der Waals surface area contributed by atoms with Crippen molar-refractivity contribution in [3.05, 3.63) is 64.9 Å². The largest absolute Gasteiger partial charge is 0.378 e. The highest BCUT2D eigenvalue weighted by Crippen LogP contribution is 2.25. The topological polar surface area (TPSA) is 78.5 Å². The smallest absolute Gasteiger partial charge is 0.255 e. The Bertz CT molecular complexity index is 956. The van der Waals surface area contributed by atoms with Crippen LogP contribution in [0.4, 0.5) is 15.8 Å². The van der Waals surface area contributed by atoms with E-state index < -0.39 is 5.82 Å². The Morgan fingerprint density at radius 1 is 1.24 bits per heavy atom. The van der Waals surface area contributed by atoms with Gasteiger partial charge in [-0.15, -0.1) is 0 Å². The molecule has 1 aromatic heterocycles. The molecule has 29 heavy (non-hydrogen) atoms. The van der Waals surface area contributed by atoms with Gasteiger partial charge < -0.3 is 20.4 Å². The molecule has 1 amide bonds. The molecule has 0 bridgehead atoms. The summed E-state index contributed by atoms with van der Waals surface area (Å²) in [7, 11) is 0. The maximum Gasteiger partial charge on any atom is 0.255 e. The molecule has 152 valence electrons. The summed E-state index contributed by atoms with van der Waals surface area (Å²) in [6, 6.07) is 6.26. The van der Waals surface area contributed by atoms with Gasteiger partial charge in [0.05, 0.1) is 31.1 Å². The number of ether oxygens (including phenoxy) is 1. The van der Waals surface area contributed by atoms with Gasteiger partial charge in [0.25, 0.3) is 5.91 Å². The summed E-state index contributed by atoms with van der Waals surface area (Å²) in [4.78, 5) is 19.2. The Morgan fingerprint density at radius 3 is 2.76 bits per heavy atom. The van der Waals surface area contributed by atoms with Crippen LogP contribution in [0.25, 0.3) is 0 Å². The highest BCUT2D eigenvalue weighted by molar-refractivity contribution is 6.04. The van der Waals surface area contributed by atoms with Crippen LogP contribution in [0.1, 0.15) is 34.6 Å². The zero-order valence-electron chi connectivity index (χ0n) is 16.5. The third kappa shape index (κ3) is 4.38. The second-order valence-electron chi connectivity index (χ2n) is 7.25. The highest BCUT2D eigenvalue weighted by Gasteiger charge is 2.19. The fourth-order valence-electron chi connectivity index (χ4n) is 3.54. The molecule has 1 unspecified atom stereocenters. The first-order chi connectivity index (χ1) is 14.0. The average Bonchev–Trinajstić information content (AvgIpc) is 3.15. The number of morpholine rings is 1. The van der Waals surface area contributed by atoms with E-state index in [0.29, 0.717) is 37.7 Å². The van der Waals surface area contributed by atoms with E-state index in [2.05, 4.69) is 27.2 Å². The molecule has 2 aliphatic heterocycles. The zero-order valence-corrected chi connectivity index (χ0v) is 16.5. The van der Waals surface area contributed by atoms with Crippen molar-refractivity contribution in [3.63, 3.8) is 0 Å². The van der Waals surface area contributed by atoms with E-state index in [1.54, 1.807) is 12.3 Å². The normalized spacial score (nSPS) is 18.9. The number of benzene rings is 1. The lowest BCUT2D eigenvalue weighted by Gasteiger charge is -2.29. The van der Waals surface area contributed by atoms with Crippen LogP contribution in [-0.4, -0.2) is 37.2 Å². The van der Waals surface area contributed by atoms with E-state index in [1.165, 1.54) is 12.1 Å². The second-order valence-corrected chi connectivity index (χ2v) is 7.25. The van der Waals surface area contributed by atoms with Gasteiger partial charge in [-0.25, -0.2) is 9.82 Å². The van der Waals surface area contributed by atoms with E-state index in [1.807, 2.05) is 24.8 Å². The summed E-state index contributed by atoms with van der Waals surface area (Å²) in [5.74, 6) is -0.816. The molecule has 1 aromatic carbocycles. The van der Waals surface area contributed by atoms with E-state index in [4.69, 9.17) is 4.74 Å². The molecule has 2 aliphatic rings. The van der Waals surface area contributed by atoms with Crippen LogP contribution >= 0.6 is 0 Å². The molecular weight excluding hydrogens is 373 g/mol. The molecule has 1 fully saturated rings. The Hall–Kier alpha value is -2.97. The number of carbonyl (C=O) groups is 1. The first kappa shape index (κ1) is 19.4. The van der Waals surface area contributed by atoms with Crippen LogP contribution in [0.5, 0.6) is 0 Å². The predicted octanol–water partition coefficient (Wildman–Crippen LogP) is 2.67. The summed E-state index contributed by atoms with van der Waals surface area (Å²) >= 11 is 0.